The number of hydrogen-bond donors (Lipinski definition) is 1. The molecule has 1 amide bonds. The minimum Gasteiger partial charge on any atom is -0.325 e. The summed E-state index contributed by atoms with van der Waals surface area (Å²) in [5, 5.41) is 2.44. The quantitative estimate of drug-likeness (QED) is 0.765. The van der Waals surface area contributed by atoms with E-state index in [1.807, 2.05) is 0 Å². The van der Waals surface area contributed by atoms with Crippen molar-refractivity contribution in [2.75, 3.05) is 18.7 Å². The molecule has 0 unspecified atom stereocenters. The molecule has 1 aliphatic heterocycles. The maximum atomic E-state index is 12.8. The maximum Gasteiger partial charge on any atom is 0.240 e. The molecular weight excluding hydrogens is 188 g/mol. The predicted molar refractivity (Wildman–Crippen MR) is 47.5 cm³/mol. The topological polar surface area (TPSA) is 29.1 Å². The molecule has 4 heteroatoms. The van der Waals surface area contributed by atoms with Gasteiger partial charge in [0.1, 0.15) is 18.8 Å². The van der Waals surface area contributed by atoms with Crippen LogP contribution in [0.4, 0.5) is 14.5 Å². The summed E-state index contributed by atoms with van der Waals surface area (Å²) in [4.78, 5) is 11.4. The van der Waals surface area contributed by atoms with Gasteiger partial charge in [-0.2, -0.15) is 0 Å². The van der Waals surface area contributed by atoms with Crippen molar-refractivity contribution in [3.8, 4) is 0 Å². The molecule has 0 aliphatic carbocycles. The zero-order valence-corrected chi connectivity index (χ0v) is 7.31. The summed E-state index contributed by atoms with van der Waals surface area (Å²) in [7, 11) is 0. The van der Waals surface area contributed by atoms with E-state index >= 15 is 0 Å². The van der Waals surface area contributed by atoms with Gasteiger partial charge in [0.25, 0.3) is 0 Å². The maximum absolute atomic E-state index is 12.8. The number of benzene rings is 1. The monoisotopic (exact) mass is 196 g/mol. The first-order valence-corrected chi connectivity index (χ1v) is 4.19. The minimum atomic E-state index is -1.67. The lowest BCUT2D eigenvalue weighted by molar-refractivity contribution is -0.122. The van der Waals surface area contributed by atoms with E-state index in [9.17, 15) is 13.6 Å². The summed E-state index contributed by atoms with van der Waals surface area (Å²) >= 11 is 0. The Bertz CT molecular complexity index is 374. The van der Waals surface area contributed by atoms with Gasteiger partial charge in [0, 0.05) is 11.3 Å². The van der Waals surface area contributed by atoms with Gasteiger partial charge >= 0.3 is 0 Å². The first-order valence-electron chi connectivity index (χ1n) is 4.19. The third-order valence-electron chi connectivity index (χ3n) is 2.47. The second-order valence-corrected chi connectivity index (χ2v) is 3.26. The lowest BCUT2D eigenvalue weighted by atomic mass is 9.84. The van der Waals surface area contributed by atoms with Crippen LogP contribution in [0.15, 0.2) is 18.2 Å². The first kappa shape index (κ1) is 9.12. The summed E-state index contributed by atoms with van der Waals surface area (Å²) in [6.07, 6.45) is 0. The van der Waals surface area contributed by atoms with Gasteiger partial charge in [0.15, 0.2) is 0 Å². The van der Waals surface area contributed by atoms with Gasteiger partial charge in [0.2, 0.25) is 5.91 Å². The van der Waals surface area contributed by atoms with E-state index in [4.69, 9.17) is 0 Å². The molecule has 2 nitrogen and oxygen atoms in total. The standard InChI is InChI=1S/C10H8F2NO/c11-5-10(6-12)7-3-1-2-4-8(7)13-9(10)14/h1-2,4H,5-6H2,(H,13,14). The SMILES string of the molecule is O=C1Nc2ccc[c]c2C1(CF)CF. The van der Waals surface area contributed by atoms with Crippen LogP contribution < -0.4 is 5.32 Å². The molecular formula is C10H8F2NO. The number of halogens is 2. The van der Waals surface area contributed by atoms with Crippen molar-refractivity contribution in [2.24, 2.45) is 0 Å². The molecule has 0 saturated heterocycles. The minimum absolute atomic E-state index is 0.287. The summed E-state index contributed by atoms with van der Waals surface area (Å²) in [5.41, 5.74) is -0.931. The summed E-state index contributed by atoms with van der Waals surface area (Å²) in [6.45, 7) is -2.08. The lowest BCUT2D eigenvalue weighted by Crippen LogP contribution is -2.38. The van der Waals surface area contributed by atoms with Gasteiger partial charge in [-0.3, -0.25) is 4.79 Å². The van der Waals surface area contributed by atoms with E-state index in [0.717, 1.165) is 0 Å². The van der Waals surface area contributed by atoms with Crippen molar-refractivity contribution in [3.63, 3.8) is 0 Å². The highest BCUT2D eigenvalue weighted by atomic mass is 19.1. The Hall–Kier alpha value is -1.45. The molecule has 1 N–H and O–H groups in total. The highest BCUT2D eigenvalue weighted by Gasteiger charge is 2.47. The number of fused-ring (bicyclic) bond motifs is 1. The molecule has 1 radical (unpaired) electrons. The van der Waals surface area contributed by atoms with E-state index in [-0.39, 0.29) is 5.56 Å². The average Bonchev–Trinajstić information content (AvgIpc) is 2.50. The van der Waals surface area contributed by atoms with E-state index in [0.29, 0.717) is 5.69 Å². The summed E-state index contributed by atoms with van der Waals surface area (Å²) < 4.78 is 25.5. The lowest BCUT2D eigenvalue weighted by Gasteiger charge is -2.18. The van der Waals surface area contributed by atoms with Crippen molar-refractivity contribution in [1.82, 2.24) is 0 Å². The number of nitrogens with one attached hydrogen (secondary N) is 1. The Morgan fingerprint density at radius 2 is 2.14 bits per heavy atom. The van der Waals surface area contributed by atoms with Crippen LogP contribution in [-0.2, 0) is 10.2 Å². The average molecular weight is 196 g/mol. The van der Waals surface area contributed by atoms with Crippen LogP contribution in [0.5, 0.6) is 0 Å². The fraction of sp³-hybridized carbons (Fsp3) is 0.300. The largest absolute Gasteiger partial charge is 0.325 e. The van der Waals surface area contributed by atoms with Crippen LogP contribution in [0.2, 0.25) is 0 Å². The van der Waals surface area contributed by atoms with Crippen molar-refractivity contribution in [3.05, 3.63) is 29.8 Å². The second kappa shape index (κ2) is 3.04. The second-order valence-electron chi connectivity index (χ2n) is 3.26. The molecule has 0 spiro atoms. The summed E-state index contributed by atoms with van der Waals surface area (Å²) in [6, 6.07) is 7.52. The fourth-order valence-corrected chi connectivity index (χ4v) is 1.58. The van der Waals surface area contributed by atoms with E-state index in [1.165, 1.54) is 0 Å². The normalized spacial score (nSPS) is 17.7. The molecule has 0 aromatic heterocycles. The molecule has 14 heavy (non-hydrogen) atoms. The predicted octanol–water partition coefficient (Wildman–Crippen LogP) is 1.62. The zero-order valence-electron chi connectivity index (χ0n) is 7.31. The molecule has 0 fully saturated rings. The van der Waals surface area contributed by atoms with Gasteiger partial charge < -0.3 is 5.32 Å². The van der Waals surface area contributed by atoms with Crippen LogP contribution in [0, 0.1) is 6.07 Å². The molecule has 2 rings (SSSR count). The van der Waals surface area contributed by atoms with Crippen LogP contribution in [-0.4, -0.2) is 19.3 Å². The van der Waals surface area contributed by atoms with Crippen molar-refractivity contribution in [1.29, 1.82) is 0 Å². The summed E-state index contributed by atoms with van der Waals surface area (Å²) in [5.74, 6) is -0.625. The fourth-order valence-electron chi connectivity index (χ4n) is 1.58. The molecule has 1 aromatic carbocycles. The van der Waals surface area contributed by atoms with Crippen molar-refractivity contribution < 1.29 is 13.6 Å². The Morgan fingerprint density at radius 3 is 2.79 bits per heavy atom. The van der Waals surface area contributed by atoms with Crippen LogP contribution in [0.3, 0.4) is 0 Å². The smallest absolute Gasteiger partial charge is 0.240 e. The molecule has 1 heterocycles. The molecule has 0 saturated carbocycles. The van der Waals surface area contributed by atoms with Gasteiger partial charge in [0.05, 0.1) is 0 Å². The van der Waals surface area contributed by atoms with Crippen LogP contribution in [0.25, 0.3) is 0 Å². The Balaban J connectivity index is 2.58. The molecule has 0 atom stereocenters. The number of carbonyl (C=O) groups excluding carboxylic acids is 1. The molecule has 73 valence electrons. The third kappa shape index (κ3) is 0.967. The molecule has 1 aromatic rings. The van der Waals surface area contributed by atoms with Gasteiger partial charge in [-0.1, -0.05) is 12.1 Å². The van der Waals surface area contributed by atoms with E-state index in [2.05, 4.69) is 11.4 Å². The third-order valence-corrected chi connectivity index (χ3v) is 2.47. The number of anilines is 1. The number of hydrogen-bond acceptors (Lipinski definition) is 1. The number of rotatable bonds is 2. The molecule has 0 bridgehead atoms. The highest BCUT2D eigenvalue weighted by molar-refractivity contribution is 6.06. The zero-order chi connectivity index (χ0) is 10.2. The van der Waals surface area contributed by atoms with Crippen molar-refractivity contribution >= 4 is 11.6 Å². The van der Waals surface area contributed by atoms with Crippen molar-refractivity contribution in [2.45, 2.75) is 5.41 Å². The highest BCUT2D eigenvalue weighted by Crippen LogP contribution is 2.37. The van der Waals surface area contributed by atoms with E-state index < -0.39 is 24.7 Å². The Labute approximate surface area is 79.9 Å². The Morgan fingerprint density at radius 1 is 1.43 bits per heavy atom. The van der Waals surface area contributed by atoms with E-state index in [1.54, 1.807) is 18.2 Å². The van der Waals surface area contributed by atoms with Crippen LogP contribution >= 0.6 is 0 Å². The number of carbonyl (C=O) groups is 1. The number of amides is 1. The number of alkyl halides is 2. The van der Waals surface area contributed by atoms with Crippen LogP contribution in [0.1, 0.15) is 5.56 Å². The molecule has 1 aliphatic rings. The van der Waals surface area contributed by atoms with Gasteiger partial charge in [-0.25, -0.2) is 8.78 Å². The first-order chi connectivity index (χ1) is 6.74. The Kier molecular flexibility index (Phi) is 1.98. The van der Waals surface area contributed by atoms with Gasteiger partial charge in [-0.05, 0) is 12.1 Å². The van der Waals surface area contributed by atoms with Gasteiger partial charge in [-0.15, -0.1) is 0 Å².